The standard InChI is InChI=1S/C13H19BrN2O4S/c1-3-20-13(17)10-4-5-12(11(14)8-10)21(18,19)16-7-6-9(2)15/h4-5,8-9,16H,3,6-7,15H2,1-2H3. The molecule has 8 heteroatoms. The van der Waals surface area contributed by atoms with Crippen LogP contribution >= 0.6 is 15.9 Å². The van der Waals surface area contributed by atoms with Gasteiger partial charge in [0.15, 0.2) is 0 Å². The van der Waals surface area contributed by atoms with E-state index in [1.807, 2.05) is 0 Å². The second-order valence-electron chi connectivity index (χ2n) is 4.53. The van der Waals surface area contributed by atoms with Crippen molar-refractivity contribution in [2.24, 2.45) is 5.73 Å². The first-order valence-electron chi connectivity index (χ1n) is 6.50. The molecule has 6 nitrogen and oxygen atoms in total. The lowest BCUT2D eigenvalue weighted by Gasteiger charge is -2.10. The largest absolute Gasteiger partial charge is 0.462 e. The van der Waals surface area contributed by atoms with Gasteiger partial charge in [0.1, 0.15) is 0 Å². The van der Waals surface area contributed by atoms with Gasteiger partial charge in [0.05, 0.1) is 17.1 Å². The highest BCUT2D eigenvalue weighted by Gasteiger charge is 2.19. The zero-order valence-corrected chi connectivity index (χ0v) is 14.3. The molecule has 1 atom stereocenters. The molecule has 0 aromatic heterocycles. The van der Waals surface area contributed by atoms with Crippen LogP contribution in [0.4, 0.5) is 0 Å². The molecule has 0 spiro atoms. The minimum absolute atomic E-state index is 0.0697. The molecular formula is C13H19BrN2O4S. The van der Waals surface area contributed by atoms with E-state index in [2.05, 4.69) is 20.7 Å². The first kappa shape index (κ1) is 18.1. The first-order valence-corrected chi connectivity index (χ1v) is 8.77. The molecule has 1 aromatic carbocycles. The average Bonchev–Trinajstić information content (AvgIpc) is 2.37. The van der Waals surface area contributed by atoms with Crippen LogP contribution in [-0.2, 0) is 14.8 Å². The highest BCUT2D eigenvalue weighted by atomic mass is 79.9. The summed E-state index contributed by atoms with van der Waals surface area (Å²) in [4.78, 5) is 11.7. The molecule has 1 rings (SSSR count). The molecule has 0 aliphatic heterocycles. The summed E-state index contributed by atoms with van der Waals surface area (Å²) in [6, 6.07) is 4.13. The van der Waals surface area contributed by atoms with E-state index >= 15 is 0 Å². The van der Waals surface area contributed by atoms with Crippen LogP contribution in [0.15, 0.2) is 27.6 Å². The van der Waals surface area contributed by atoms with Gasteiger partial charge < -0.3 is 10.5 Å². The van der Waals surface area contributed by atoms with Crippen molar-refractivity contribution in [1.29, 1.82) is 0 Å². The van der Waals surface area contributed by atoms with Gasteiger partial charge in [0.2, 0.25) is 10.0 Å². The number of carbonyl (C=O) groups is 1. The molecular weight excluding hydrogens is 360 g/mol. The van der Waals surface area contributed by atoms with Gasteiger partial charge in [0, 0.05) is 17.1 Å². The Bertz CT molecular complexity index is 602. The van der Waals surface area contributed by atoms with Gasteiger partial charge in [-0.25, -0.2) is 17.9 Å². The average molecular weight is 379 g/mol. The highest BCUT2D eigenvalue weighted by molar-refractivity contribution is 9.10. The maximum Gasteiger partial charge on any atom is 0.338 e. The lowest BCUT2D eigenvalue weighted by atomic mass is 10.2. The highest BCUT2D eigenvalue weighted by Crippen LogP contribution is 2.23. The summed E-state index contributed by atoms with van der Waals surface area (Å²) >= 11 is 3.17. The van der Waals surface area contributed by atoms with Gasteiger partial charge in [-0.2, -0.15) is 0 Å². The van der Waals surface area contributed by atoms with E-state index in [0.29, 0.717) is 16.5 Å². The molecule has 0 fully saturated rings. The van der Waals surface area contributed by atoms with Crippen molar-refractivity contribution in [2.75, 3.05) is 13.2 Å². The van der Waals surface area contributed by atoms with Crippen molar-refractivity contribution < 1.29 is 17.9 Å². The Hall–Kier alpha value is -0.960. The number of esters is 1. The first-order chi connectivity index (χ1) is 9.77. The fourth-order valence-electron chi connectivity index (χ4n) is 1.56. The Morgan fingerprint density at radius 1 is 1.48 bits per heavy atom. The smallest absolute Gasteiger partial charge is 0.338 e. The molecule has 0 radical (unpaired) electrons. The van der Waals surface area contributed by atoms with Gasteiger partial charge in [-0.15, -0.1) is 0 Å². The van der Waals surface area contributed by atoms with E-state index in [9.17, 15) is 13.2 Å². The minimum Gasteiger partial charge on any atom is -0.462 e. The number of rotatable bonds is 7. The monoisotopic (exact) mass is 378 g/mol. The van der Waals surface area contributed by atoms with Crippen LogP contribution in [0.5, 0.6) is 0 Å². The maximum atomic E-state index is 12.1. The van der Waals surface area contributed by atoms with Crippen LogP contribution in [0.25, 0.3) is 0 Å². The van der Waals surface area contributed by atoms with Gasteiger partial charge in [-0.1, -0.05) is 0 Å². The molecule has 0 saturated heterocycles. The molecule has 1 unspecified atom stereocenters. The molecule has 0 heterocycles. The number of halogens is 1. The second-order valence-corrected chi connectivity index (χ2v) is 7.12. The van der Waals surface area contributed by atoms with Crippen LogP contribution in [-0.4, -0.2) is 33.6 Å². The Morgan fingerprint density at radius 3 is 2.67 bits per heavy atom. The number of nitrogens with one attached hydrogen (secondary N) is 1. The Balaban J connectivity index is 2.91. The van der Waals surface area contributed by atoms with Crippen LogP contribution in [0, 0.1) is 0 Å². The third-order valence-corrected chi connectivity index (χ3v) is 5.06. The zero-order chi connectivity index (χ0) is 16.0. The molecule has 0 saturated carbocycles. The number of sulfonamides is 1. The number of carbonyl (C=O) groups excluding carboxylic acids is 1. The Kier molecular flexibility index (Phi) is 6.79. The van der Waals surface area contributed by atoms with Crippen LogP contribution < -0.4 is 10.5 Å². The fraction of sp³-hybridized carbons (Fsp3) is 0.462. The summed E-state index contributed by atoms with van der Waals surface area (Å²) in [6.45, 7) is 4.02. The second kappa shape index (κ2) is 7.88. The van der Waals surface area contributed by atoms with Gasteiger partial charge in [0.25, 0.3) is 0 Å². The minimum atomic E-state index is -3.65. The summed E-state index contributed by atoms with van der Waals surface area (Å²) in [7, 11) is -3.65. The molecule has 0 aliphatic rings. The third kappa shape index (κ3) is 5.39. The maximum absolute atomic E-state index is 12.1. The predicted molar refractivity (Wildman–Crippen MR) is 83.6 cm³/mol. The van der Waals surface area contributed by atoms with Crippen LogP contribution in [0.2, 0.25) is 0 Å². The SMILES string of the molecule is CCOC(=O)c1ccc(S(=O)(=O)NCCC(C)N)c(Br)c1. The molecule has 3 N–H and O–H groups in total. The number of hydrogen-bond acceptors (Lipinski definition) is 5. The zero-order valence-electron chi connectivity index (χ0n) is 11.9. The van der Waals surface area contributed by atoms with E-state index in [-0.39, 0.29) is 24.1 Å². The lowest BCUT2D eigenvalue weighted by molar-refractivity contribution is 0.0526. The van der Waals surface area contributed by atoms with E-state index in [1.54, 1.807) is 13.8 Å². The number of ether oxygens (including phenoxy) is 1. The van der Waals surface area contributed by atoms with Gasteiger partial charge >= 0.3 is 5.97 Å². The van der Waals surface area contributed by atoms with E-state index in [4.69, 9.17) is 10.5 Å². The van der Waals surface area contributed by atoms with Crippen molar-refractivity contribution in [1.82, 2.24) is 4.72 Å². The van der Waals surface area contributed by atoms with Crippen molar-refractivity contribution in [3.63, 3.8) is 0 Å². The summed E-state index contributed by atoms with van der Waals surface area (Å²) < 4.78 is 31.9. The van der Waals surface area contributed by atoms with Crippen molar-refractivity contribution in [3.8, 4) is 0 Å². The normalized spacial score (nSPS) is 13.0. The summed E-state index contributed by atoms with van der Waals surface area (Å²) in [5, 5.41) is 0. The Morgan fingerprint density at radius 2 is 2.14 bits per heavy atom. The van der Waals surface area contributed by atoms with E-state index in [0.717, 1.165) is 0 Å². The molecule has 1 aromatic rings. The Labute approximate surface area is 133 Å². The molecule has 0 bridgehead atoms. The lowest BCUT2D eigenvalue weighted by Crippen LogP contribution is -2.29. The topological polar surface area (TPSA) is 98.5 Å². The van der Waals surface area contributed by atoms with Gasteiger partial charge in [-0.05, 0) is 54.4 Å². The number of benzene rings is 1. The number of hydrogen-bond donors (Lipinski definition) is 2. The van der Waals surface area contributed by atoms with Crippen molar-refractivity contribution >= 4 is 31.9 Å². The molecule has 0 aliphatic carbocycles. The molecule has 118 valence electrons. The number of nitrogens with two attached hydrogens (primary N) is 1. The van der Waals surface area contributed by atoms with Gasteiger partial charge in [-0.3, -0.25) is 0 Å². The quantitative estimate of drug-likeness (QED) is 0.702. The summed E-state index contributed by atoms with van der Waals surface area (Å²) in [5.74, 6) is -0.493. The van der Waals surface area contributed by atoms with Crippen LogP contribution in [0.3, 0.4) is 0 Å². The van der Waals surface area contributed by atoms with E-state index in [1.165, 1.54) is 18.2 Å². The van der Waals surface area contributed by atoms with Crippen LogP contribution in [0.1, 0.15) is 30.6 Å². The third-order valence-electron chi connectivity index (χ3n) is 2.62. The van der Waals surface area contributed by atoms with Crippen molar-refractivity contribution in [3.05, 3.63) is 28.2 Å². The molecule has 0 amide bonds. The van der Waals surface area contributed by atoms with E-state index < -0.39 is 16.0 Å². The van der Waals surface area contributed by atoms with Crippen molar-refractivity contribution in [2.45, 2.75) is 31.2 Å². The fourth-order valence-corrected chi connectivity index (χ4v) is 3.68. The summed E-state index contributed by atoms with van der Waals surface area (Å²) in [6.07, 6.45) is 0.539. The summed E-state index contributed by atoms with van der Waals surface area (Å²) in [5.41, 5.74) is 5.87. The predicted octanol–water partition coefficient (Wildman–Crippen LogP) is 1.64. The molecule has 21 heavy (non-hydrogen) atoms.